The largest absolute Gasteiger partial charge is 0.467 e. The second-order valence-electron chi connectivity index (χ2n) is 6.03. The topological polar surface area (TPSA) is 55.8 Å². The highest BCUT2D eigenvalue weighted by Gasteiger charge is 2.46. The van der Waals surface area contributed by atoms with Gasteiger partial charge in [0.2, 0.25) is 0 Å². The van der Waals surface area contributed by atoms with E-state index < -0.39 is 24.2 Å². The number of carbonyl (C=O) groups excluding carboxylic acids is 2. The molecule has 1 aliphatic heterocycles. The van der Waals surface area contributed by atoms with Gasteiger partial charge in [-0.05, 0) is 24.0 Å². The van der Waals surface area contributed by atoms with Gasteiger partial charge in [0.15, 0.2) is 6.04 Å². The SMILES string of the molecule is COC(=O)C1C(CCc2ccccc2)OC(=O)N1Cc1ccccc1. The van der Waals surface area contributed by atoms with Gasteiger partial charge in [0.25, 0.3) is 0 Å². The third kappa shape index (κ3) is 3.99. The summed E-state index contributed by atoms with van der Waals surface area (Å²) in [4.78, 5) is 26.1. The third-order valence-corrected chi connectivity index (χ3v) is 4.37. The summed E-state index contributed by atoms with van der Waals surface area (Å²) in [5, 5.41) is 0. The van der Waals surface area contributed by atoms with E-state index in [1.165, 1.54) is 12.0 Å². The fourth-order valence-corrected chi connectivity index (χ4v) is 3.09. The Morgan fingerprint density at radius 1 is 1.04 bits per heavy atom. The van der Waals surface area contributed by atoms with Crippen molar-refractivity contribution in [2.45, 2.75) is 31.5 Å². The molecule has 25 heavy (non-hydrogen) atoms. The number of esters is 1. The first kappa shape index (κ1) is 17.0. The molecule has 130 valence electrons. The van der Waals surface area contributed by atoms with Crippen molar-refractivity contribution < 1.29 is 19.1 Å². The molecular formula is C20H21NO4. The van der Waals surface area contributed by atoms with Crippen LogP contribution >= 0.6 is 0 Å². The van der Waals surface area contributed by atoms with Crippen LogP contribution in [0.2, 0.25) is 0 Å². The van der Waals surface area contributed by atoms with Crippen LogP contribution in [0, 0.1) is 0 Å². The van der Waals surface area contributed by atoms with Crippen molar-refractivity contribution in [1.29, 1.82) is 0 Å². The van der Waals surface area contributed by atoms with E-state index in [4.69, 9.17) is 9.47 Å². The summed E-state index contributed by atoms with van der Waals surface area (Å²) in [6.45, 7) is 0.321. The number of hydrogen-bond donors (Lipinski definition) is 0. The second kappa shape index (κ2) is 7.83. The fraction of sp³-hybridized carbons (Fsp3) is 0.300. The predicted octanol–water partition coefficient (Wildman–Crippen LogP) is 3.18. The molecule has 1 saturated heterocycles. The smallest absolute Gasteiger partial charge is 0.411 e. The maximum absolute atomic E-state index is 12.3. The molecule has 0 spiro atoms. The maximum atomic E-state index is 12.3. The van der Waals surface area contributed by atoms with Crippen LogP contribution in [-0.4, -0.2) is 36.2 Å². The Balaban J connectivity index is 1.74. The van der Waals surface area contributed by atoms with Crippen molar-refractivity contribution in [3.63, 3.8) is 0 Å². The minimum atomic E-state index is -0.721. The van der Waals surface area contributed by atoms with E-state index in [0.717, 1.165) is 17.5 Å². The van der Waals surface area contributed by atoms with E-state index in [0.29, 0.717) is 13.0 Å². The first-order chi connectivity index (χ1) is 12.2. The third-order valence-electron chi connectivity index (χ3n) is 4.37. The Morgan fingerprint density at radius 3 is 2.24 bits per heavy atom. The number of hydrogen-bond acceptors (Lipinski definition) is 4. The predicted molar refractivity (Wildman–Crippen MR) is 92.8 cm³/mol. The van der Waals surface area contributed by atoms with Gasteiger partial charge in [0, 0.05) is 0 Å². The number of rotatable bonds is 6. The van der Waals surface area contributed by atoms with Crippen molar-refractivity contribution in [1.82, 2.24) is 4.90 Å². The summed E-state index contributed by atoms with van der Waals surface area (Å²) in [5.41, 5.74) is 2.08. The van der Waals surface area contributed by atoms with E-state index >= 15 is 0 Å². The van der Waals surface area contributed by atoms with E-state index in [1.54, 1.807) is 0 Å². The van der Waals surface area contributed by atoms with Crippen LogP contribution < -0.4 is 0 Å². The lowest BCUT2D eigenvalue weighted by molar-refractivity contribution is -0.146. The van der Waals surface area contributed by atoms with E-state index in [1.807, 2.05) is 60.7 Å². The molecule has 0 aliphatic carbocycles. The van der Waals surface area contributed by atoms with Crippen LogP contribution in [0.15, 0.2) is 60.7 Å². The van der Waals surface area contributed by atoms with Crippen LogP contribution in [0.4, 0.5) is 4.79 Å². The molecule has 5 heteroatoms. The zero-order valence-corrected chi connectivity index (χ0v) is 14.1. The van der Waals surface area contributed by atoms with Crippen LogP contribution in [0.25, 0.3) is 0 Å². The molecule has 0 aromatic heterocycles. The zero-order chi connectivity index (χ0) is 17.6. The van der Waals surface area contributed by atoms with Crippen LogP contribution in [0.3, 0.4) is 0 Å². The monoisotopic (exact) mass is 339 g/mol. The van der Waals surface area contributed by atoms with E-state index in [2.05, 4.69) is 0 Å². The average molecular weight is 339 g/mol. The molecule has 2 unspecified atom stereocenters. The number of ether oxygens (including phenoxy) is 2. The van der Waals surface area contributed by atoms with Crippen molar-refractivity contribution in [2.24, 2.45) is 0 Å². The second-order valence-corrected chi connectivity index (χ2v) is 6.03. The van der Waals surface area contributed by atoms with E-state index in [9.17, 15) is 9.59 Å². The van der Waals surface area contributed by atoms with Gasteiger partial charge in [-0.3, -0.25) is 4.90 Å². The summed E-state index contributed by atoms with van der Waals surface area (Å²) in [7, 11) is 1.33. The molecule has 2 aromatic rings. The fourth-order valence-electron chi connectivity index (χ4n) is 3.09. The van der Waals surface area contributed by atoms with Gasteiger partial charge in [0.05, 0.1) is 13.7 Å². The molecule has 0 N–H and O–H groups in total. The Morgan fingerprint density at radius 2 is 1.64 bits per heavy atom. The van der Waals surface area contributed by atoms with Crippen molar-refractivity contribution >= 4 is 12.1 Å². The van der Waals surface area contributed by atoms with Gasteiger partial charge in [-0.2, -0.15) is 0 Å². The molecule has 0 bridgehead atoms. The first-order valence-corrected chi connectivity index (χ1v) is 8.32. The molecule has 1 amide bonds. The van der Waals surface area contributed by atoms with Crippen LogP contribution in [0.1, 0.15) is 17.5 Å². The van der Waals surface area contributed by atoms with Gasteiger partial charge >= 0.3 is 12.1 Å². The number of cyclic esters (lactones) is 1. The summed E-state index contributed by atoms with van der Waals surface area (Å²) in [6.07, 6.45) is 0.313. The highest BCUT2D eigenvalue weighted by molar-refractivity contribution is 5.85. The molecular weight excluding hydrogens is 318 g/mol. The molecule has 0 radical (unpaired) electrons. The van der Waals surface area contributed by atoms with Crippen LogP contribution in [0.5, 0.6) is 0 Å². The standard InChI is InChI=1S/C20H21NO4/c1-24-19(22)18-17(13-12-15-8-4-2-5-9-15)25-20(23)21(18)14-16-10-6-3-7-11-16/h2-11,17-18H,12-14H2,1H3. The molecule has 3 rings (SSSR count). The summed E-state index contributed by atoms with van der Waals surface area (Å²) >= 11 is 0. The molecule has 1 aliphatic rings. The number of methoxy groups -OCH3 is 1. The minimum Gasteiger partial charge on any atom is -0.467 e. The van der Waals surface area contributed by atoms with Crippen molar-refractivity contribution in [3.8, 4) is 0 Å². The summed E-state index contributed by atoms with van der Waals surface area (Å²) in [6, 6.07) is 18.7. The average Bonchev–Trinajstić information content (AvgIpc) is 2.96. The molecule has 5 nitrogen and oxygen atoms in total. The number of benzene rings is 2. The highest BCUT2D eigenvalue weighted by Crippen LogP contribution is 2.26. The number of carbonyl (C=O) groups is 2. The highest BCUT2D eigenvalue weighted by atomic mass is 16.6. The van der Waals surface area contributed by atoms with Gasteiger partial charge in [0.1, 0.15) is 6.10 Å². The molecule has 1 heterocycles. The Bertz CT molecular complexity index is 717. The molecule has 2 atom stereocenters. The van der Waals surface area contributed by atoms with E-state index in [-0.39, 0.29) is 0 Å². The zero-order valence-electron chi connectivity index (χ0n) is 14.1. The lowest BCUT2D eigenvalue weighted by Gasteiger charge is -2.22. The quantitative estimate of drug-likeness (QED) is 0.759. The van der Waals surface area contributed by atoms with Gasteiger partial charge in [-0.15, -0.1) is 0 Å². The maximum Gasteiger partial charge on any atom is 0.411 e. The minimum absolute atomic E-state index is 0.321. The Kier molecular flexibility index (Phi) is 5.33. The molecule has 2 aromatic carbocycles. The van der Waals surface area contributed by atoms with Gasteiger partial charge in [-0.1, -0.05) is 60.7 Å². The Hall–Kier alpha value is -2.82. The van der Waals surface area contributed by atoms with Gasteiger partial charge < -0.3 is 9.47 Å². The lowest BCUT2D eigenvalue weighted by Crippen LogP contribution is -2.43. The van der Waals surface area contributed by atoms with Crippen LogP contribution in [-0.2, 0) is 27.2 Å². The normalized spacial score (nSPS) is 19.6. The van der Waals surface area contributed by atoms with Gasteiger partial charge in [-0.25, -0.2) is 9.59 Å². The Labute approximate surface area is 147 Å². The van der Waals surface area contributed by atoms with Crippen molar-refractivity contribution in [3.05, 3.63) is 71.8 Å². The number of amides is 1. The number of nitrogens with zero attached hydrogens (tertiary/aromatic N) is 1. The first-order valence-electron chi connectivity index (χ1n) is 8.32. The summed E-state index contributed by atoms with van der Waals surface area (Å²) in [5.74, 6) is -0.445. The molecule has 1 fully saturated rings. The summed E-state index contributed by atoms with van der Waals surface area (Å²) < 4.78 is 10.4. The lowest BCUT2D eigenvalue weighted by atomic mass is 10.0. The van der Waals surface area contributed by atoms with Crippen molar-refractivity contribution in [2.75, 3.05) is 7.11 Å². The molecule has 0 saturated carbocycles. The number of aryl methyl sites for hydroxylation is 1.